The van der Waals surface area contributed by atoms with Crippen LogP contribution in [0.5, 0.6) is 0 Å². The molecule has 0 saturated heterocycles. The van der Waals surface area contributed by atoms with E-state index in [0.29, 0.717) is 5.92 Å². The van der Waals surface area contributed by atoms with Gasteiger partial charge < -0.3 is 0 Å². The Morgan fingerprint density at radius 3 is 2.62 bits per heavy atom. The van der Waals surface area contributed by atoms with E-state index in [1.165, 1.54) is 5.56 Å². The van der Waals surface area contributed by atoms with Crippen LogP contribution in [0.4, 0.5) is 0 Å². The standard InChI is InChI=1S/C13H16/c1-3-12(2)8-7-11-13-9-5-4-6-10-13/h4-12H,1,3H2,2H3. The van der Waals surface area contributed by atoms with Crippen molar-refractivity contribution in [3.63, 3.8) is 0 Å². The van der Waals surface area contributed by atoms with E-state index in [4.69, 9.17) is 0 Å². The molecule has 2 radical (unpaired) electrons. The van der Waals surface area contributed by atoms with Gasteiger partial charge in [-0.25, -0.2) is 0 Å². The lowest BCUT2D eigenvalue weighted by Gasteiger charge is -2.01. The molecule has 0 heterocycles. The third kappa shape index (κ3) is 3.93. The van der Waals surface area contributed by atoms with E-state index in [-0.39, 0.29) is 0 Å². The Hall–Kier alpha value is -1.04. The Morgan fingerprint density at radius 2 is 2.00 bits per heavy atom. The van der Waals surface area contributed by atoms with Crippen LogP contribution in [0.3, 0.4) is 0 Å². The van der Waals surface area contributed by atoms with Crippen molar-refractivity contribution in [1.82, 2.24) is 0 Å². The molecule has 1 rings (SSSR count). The molecule has 0 bridgehead atoms. The first-order chi connectivity index (χ1) is 6.33. The number of rotatable bonds is 4. The zero-order valence-electron chi connectivity index (χ0n) is 8.11. The highest BCUT2D eigenvalue weighted by Crippen LogP contribution is 2.08. The summed E-state index contributed by atoms with van der Waals surface area (Å²) in [7, 11) is 0. The van der Waals surface area contributed by atoms with Crippen molar-refractivity contribution >= 4 is 6.08 Å². The lowest BCUT2D eigenvalue weighted by molar-refractivity contribution is 0.704. The highest BCUT2D eigenvalue weighted by Gasteiger charge is 1.93. The average molecular weight is 172 g/mol. The maximum absolute atomic E-state index is 3.85. The molecule has 0 aromatic heterocycles. The lowest BCUT2D eigenvalue weighted by atomic mass is 10.0. The molecule has 0 aliphatic heterocycles. The van der Waals surface area contributed by atoms with E-state index in [2.05, 4.69) is 44.6 Å². The van der Waals surface area contributed by atoms with Crippen LogP contribution in [0.1, 0.15) is 18.9 Å². The smallest absolute Gasteiger partial charge is 0.0139 e. The van der Waals surface area contributed by atoms with E-state index in [0.717, 1.165) is 6.42 Å². The summed E-state index contributed by atoms with van der Waals surface area (Å²) >= 11 is 0. The summed E-state index contributed by atoms with van der Waals surface area (Å²) in [5, 5.41) is 0. The monoisotopic (exact) mass is 172 g/mol. The molecule has 0 saturated carbocycles. The predicted molar refractivity (Wildman–Crippen MR) is 58.9 cm³/mol. The number of benzene rings is 1. The maximum atomic E-state index is 3.85. The molecular formula is C13H16. The molecule has 0 N–H and O–H groups in total. The summed E-state index contributed by atoms with van der Waals surface area (Å²) in [6.45, 7) is 6.02. The molecule has 0 spiro atoms. The second-order valence-corrected chi connectivity index (χ2v) is 3.23. The molecule has 68 valence electrons. The normalized spacial score (nSPS) is 13.4. The average Bonchev–Trinajstić information content (AvgIpc) is 2.19. The summed E-state index contributed by atoms with van der Waals surface area (Å²) < 4.78 is 0. The van der Waals surface area contributed by atoms with E-state index in [9.17, 15) is 0 Å². The number of hydrogen-bond acceptors (Lipinski definition) is 0. The highest BCUT2D eigenvalue weighted by molar-refractivity contribution is 5.49. The zero-order chi connectivity index (χ0) is 9.52. The van der Waals surface area contributed by atoms with E-state index < -0.39 is 0 Å². The van der Waals surface area contributed by atoms with Crippen molar-refractivity contribution in [3.05, 3.63) is 55.3 Å². The van der Waals surface area contributed by atoms with Gasteiger partial charge in [-0.2, -0.15) is 0 Å². The lowest BCUT2D eigenvalue weighted by Crippen LogP contribution is -1.88. The van der Waals surface area contributed by atoms with Crippen LogP contribution in [0.2, 0.25) is 0 Å². The zero-order valence-corrected chi connectivity index (χ0v) is 8.11. The minimum Gasteiger partial charge on any atom is -0.0800 e. The van der Waals surface area contributed by atoms with Gasteiger partial charge >= 0.3 is 0 Å². The molecule has 1 aromatic carbocycles. The van der Waals surface area contributed by atoms with Gasteiger partial charge in [0.2, 0.25) is 0 Å². The molecule has 0 aliphatic rings. The summed E-state index contributed by atoms with van der Waals surface area (Å²) in [5.74, 6) is 0.569. The van der Waals surface area contributed by atoms with Crippen molar-refractivity contribution in [3.8, 4) is 0 Å². The van der Waals surface area contributed by atoms with Gasteiger partial charge in [0.15, 0.2) is 0 Å². The Balaban J connectivity index is 2.41. The molecule has 0 fully saturated rings. The predicted octanol–water partition coefficient (Wildman–Crippen LogP) is 3.76. The first-order valence-corrected chi connectivity index (χ1v) is 4.68. The summed E-state index contributed by atoms with van der Waals surface area (Å²) in [6.07, 6.45) is 7.36. The van der Waals surface area contributed by atoms with Crippen molar-refractivity contribution in [2.75, 3.05) is 0 Å². The molecular weight excluding hydrogens is 156 g/mol. The maximum Gasteiger partial charge on any atom is -0.0139 e. The van der Waals surface area contributed by atoms with E-state index >= 15 is 0 Å². The summed E-state index contributed by atoms with van der Waals surface area (Å²) in [5.41, 5.74) is 1.25. The van der Waals surface area contributed by atoms with Crippen molar-refractivity contribution in [2.24, 2.45) is 5.92 Å². The van der Waals surface area contributed by atoms with Crippen LogP contribution in [0.15, 0.2) is 36.4 Å². The Morgan fingerprint density at radius 1 is 1.31 bits per heavy atom. The van der Waals surface area contributed by atoms with Crippen LogP contribution in [-0.4, -0.2) is 0 Å². The number of allylic oxidation sites excluding steroid dienone is 1. The minimum atomic E-state index is 0.569. The van der Waals surface area contributed by atoms with Crippen molar-refractivity contribution < 1.29 is 0 Å². The second kappa shape index (κ2) is 5.58. The third-order valence-corrected chi connectivity index (χ3v) is 1.98. The molecule has 0 amide bonds. The highest BCUT2D eigenvalue weighted by atomic mass is 14.0. The fraction of sp³-hybridized carbons (Fsp3) is 0.231. The van der Waals surface area contributed by atoms with E-state index in [1.807, 2.05) is 18.2 Å². The van der Waals surface area contributed by atoms with Gasteiger partial charge in [-0.3, -0.25) is 0 Å². The molecule has 1 unspecified atom stereocenters. The van der Waals surface area contributed by atoms with Gasteiger partial charge in [0.05, 0.1) is 0 Å². The first kappa shape index (κ1) is 10.0. The molecule has 0 heteroatoms. The minimum absolute atomic E-state index is 0.569. The van der Waals surface area contributed by atoms with E-state index in [1.54, 1.807) is 0 Å². The molecule has 13 heavy (non-hydrogen) atoms. The second-order valence-electron chi connectivity index (χ2n) is 3.23. The van der Waals surface area contributed by atoms with Crippen LogP contribution in [-0.2, 0) is 0 Å². The van der Waals surface area contributed by atoms with Crippen LogP contribution < -0.4 is 0 Å². The van der Waals surface area contributed by atoms with Crippen molar-refractivity contribution in [2.45, 2.75) is 13.3 Å². The van der Waals surface area contributed by atoms with Gasteiger partial charge in [0.25, 0.3) is 0 Å². The van der Waals surface area contributed by atoms with Crippen LogP contribution in [0.25, 0.3) is 6.08 Å². The molecule has 1 aromatic rings. The van der Waals surface area contributed by atoms with Gasteiger partial charge in [-0.1, -0.05) is 62.8 Å². The Labute approximate surface area is 81.3 Å². The van der Waals surface area contributed by atoms with Crippen LogP contribution >= 0.6 is 0 Å². The summed E-state index contributed by atoms with van der Waals surface area (Å²) in [4.78, 5) is 0. The van der Waals surface area contributed by atoms with Gasteiger partial charge in [-0.15, -0.1) is 0 Å². The SMILES string of the molecule is [CH2]CC(C)[CH]C=Cc1ccccc1. The quantitative estimate of drug-likeness (QED) is 0.648. The number of hydrogen-bond donors (Lipinski definition) is 0. The van der Waals surface area contributed by atoms with Gasteiger partial charge in [0.1, 0.15) is 0 Å². The molecule has 1 atom stereocenters. The Kier molecular flexibility index (Phi) is 4.31. The fourth-order valence-corrected chi connectivity index (χ4v) is 1.02. The topological polar surface area (TPSA) is 0 Å². The van der Waals surface area contributed by atoms with Crippen LogP contribution in [0, 0.1) is 19.3 Å². The third-order valence-electron chi connectivity index (χ3n) is 1.98. The summed E-state index contributed by atoms with van der Waals surface area (Å²) in [6, 6.07) is 10.3. The largest absolute Gasteiger partial charge is 0.0800 e. The first-order valence-electron chi connectivity index (χ1n) is 4.68. The van der Waals surface area contributed by atoms with Gasteiger partial charge in [0, 0.05) is 0 Å². The Bertz CT molecular complexity index is 246. The molecule has 0 nitrogen and oxygen atoms in total. The van der Waals surface area contributed by atoms with Gasteiger partial charge in [-0.05, 0) is 17.9 Å². The van der Waals surface area contributed by atoms with Crippen molar-refractivity contribution in [1.29, 1.82) is 0 Å². The fourth-order valence-electron chi connectivity index (χ4n) is 1.02. The molecule has 0 aliphatic carbocycles.